The number of methoxy groups -OCH3 is 2. The molecule has 0 aliphatic rings. The Hall–Kier alpha value is -2.73. The third kappa shape index (κ3) is 5.37. The highest BCUT2D eigenvalue weighted by atomic mass is 16.5. The SMILES string of the molecule is COc1cccc(OC)c1CNC(=O)N(C)[C@@H](CN(C)C)c1ccccc1. The molecule has 2 aromatic rings. The summed E-state index contributed by atoms with van der Waals surface area (Å²) in [6.45, 7) is 1.05. The second-order valence-electron chi connectivity index (χ2n) is 6.60. The molecule has 146 valence electrons. The standard InChI is InChI=1S/C21H29N3O3/c1-23(2)15-18(16-10-7-6-8-11-16)24(3)21(25)22-14-17-19(26-4)12-9-13-20(17)27-5/h6-13,18H,14-15H2,1-5H3,(H,22,25)/t18-/m0/s1. The van der Waals surface area contributed by atoms with Gasteiger partial charge in [0.05, 0.1) is 32.4 Å². The van der Waals surface area contributed by atoms with Gasteiger partial charge in [-0.3, -0.25) is 0 Å². The van der Waals surface area contributed by atoms with Crippen molar-refractivity contribution in [3.8, 4) is 11.5 Å². The summed E-state index contributed by atoms with van der Waals surface area (Å²) < 4.78 is 10.8. The minimum absolute atomic E-state index is 0.0548. The van der Waals surface area contributed by atoms with Crippen LogP contribution >= 0.6 is 0 Å². The molecular formula is C21H29N3O3. The zero-order valence-corrected chi connectivity index (χ0v) is 16.7. The topological polar surface area (TPSA) is 54.0 Å². The third-order valence-corrected chi connectivity index (χ3v) is 4.46. The van der Waals surface area contributed by atoms with Crippen molar-refractivity contribution < 1.29 is 14.3 Å². The van der Waals surface area contributed by atoms with Crippen LogP contribution in [-0.4, -0.2) is 57.7 Å². The van der Waals surface area contributed by atoms with E-state index in [-0.39, 0.29) is 12.1 Å². The predicted molar refractivity (Wildman–Crippen MR) is 107 cm³/mol. The van der Waals surface area contributed by atoms with Crippen LogP contribution in [0.4, 0.5) is 4.79 Å². The molecule has 0 unspecified atom stereocenters. The summed E-state index contributed by atoms with van der Waals surface area (Å²) in [5.74, 6) is 1.37. The summed E-state index contributed by atoms with van der Waals surface area (Å²) in [5, 5.41) is 2.98. The summed E-state index contributed by atoms with van der Waals surface area (Å²) in [4.78, 5) is 16.6. The molecule has 0 aliphatic carbocycles. The molecule has 1 atom stereocenters. The molecule has 0 saturated carbocycles. The van der Waals surface area contributed by atoms with Crippen molar-refractivity contribution >= 4 is 6.03 Å². The quantitative estimate of drug-likeness (QED) is 0.775. The Balaban J connectivity index is 2.14. The Morgan fingerprint density at radius 2 is 1.56 bits per heavy atom. The van der Waals surface area contributed by atoms with Crippen LogP contribution in [0.5, 0.6) is 11.5 Å². The number of benzene rings is 2. The fraction of sp³-hybridized carbons (Fsp3) is 0.381. The Kier molecular flexibility index (Phi) is 7.49. The Morgan fingerprint density at radius 1 is 0.963 bits per heavy atom. The van der Waals surface area contributed by atoms with E-state index in [1.54, 1.807) is 19.1 Å². The normalized spacial score (nSPS) is 11.8. The summed E-state index contributed by atoms with van der Waals surface area (Å²) >= 11 is 0. The Morgan fingerprint density at radius 3 is 2.07 bits per heavy atom. The van der Waals surface area contributed by atoms with E-state index >= 15 is 0 Å². The molecule has 0 bridgehead atoms. The maximum absolute atomic E-state index is 12.8. The van der Waals surface area contributed by atoms with Gasteiger partial charge in [-0.15, -0.1) is 0 Å². The van der Waals surface area contributed by atoms with Gasteiger partial charge in [-0.1, -0.05) is 36.4 Å². The molecule has 0 saturated heterocycles. The number of urea groups is 1. The van der Waals surface area contributed by atoms with Gasteiger partial charge in [0.1, 0.15) is 11.5 Å². The largest absolute Gasteiger partial charge is 0.496 e. The molecule has 27 heavy (non-hydrogen) atoms. The minimum Gasteiger partial charge on any atom is -0.496 e. The van der Waals surface area contributed by atoms with Crippen LogP contribution in [0.3, 0.4) is 0 Å². The lowest BCUT2D eigenvalue weighted by atomic mass is 10.1. The average Bonchev–Trinajstić information content (AvgIpc) is 2.69. The molecule has 2 rings (SSSR count). The van der Waals surface area contributed by atoms with Crippen molar-refractivity contribution in [3.63, 3.8) is 0 Å². The molecule has 6 nitrogen and oxygen atoms in total. The van der Waals surface area contributed by atoms with Gasteiger partial charge in [0, 0.05) is 13.6 Å². The first-order valence-electron chi connectivity index (χ1n) is 8.88. The predicted octanol–water partition coefficient (Wildman–Crippen LogP) is 3.15. The number of carbonyl (C=O) groups excluding carboxylic acids is 1. The highest BCUT2D eigenvalue weighted by molar-refractivity contribution is 5.74. The third-order valence-electron chi connectivity index (χ3n) is 4.46. The van der Waals surface area contributed by atoms with Gasteiger partial charge in [0.15, 0.2) is 0 Å². The summed E-state index contributed by atoms with van der Waals surface area (Å²) in [5.41, 5.74) is 1.91. The van der Waals surface area contributed by atoms with Crippen LogP contribution in [0.2, 0.25) is 0 Å². The van der Waals surface area contributed by atoms with Crippen LogP contribution in [-0.2, 0) is 6.54 Å². The Labute approximate surface area is 161 Å². The van der Waals surface area contributed by atoms with Gasteiger partial charge in [0.2, 0.25) is 0 Å². The van der Waals surface area contributed by atoms with E-state index in [1.165, 1.54) is 0 Å². The van der Waals surface area contributed by atoms with Crippen LogP contribution < -0.4 is 14.8 Å². The van der Waals surface area contributed by atoms with Crippen LogP contribution in [0.1, 0.15) is 17.2 Å². The molecule has 0 heterocycles. The van der Waals surface area contributed by atoms with Crippen molar-refractivity contribution in [3.05, 3.63) is 59.7 Å². The molecule has 0 aliphatic heterocycles. The molecular weight excluding hydrogens is 342 g/mol. The van der Waals surface area contributed by atoms with E-state index in [9.17, 15) is 4.79 Å². The highest BCUT2D eigenvalue weighted by Crippen LogP contribution is 2.28. The van der Waals surface area contributed by atoms with Gasteiger partial charge in [-0.05, 0) is 31.8 Å². The molecule has 0 radical (unpaired) electrons. The van der Waals surface area contributed by atoms with E-state index in [0.717, 1.165) is 17.7 Å². The van der Waals surface area contributed by atoms with Gasteiger partial charge < -0.3 is 24.6 Å². The monoisotopic (exact) mass is 371 g/mol. The number of rotatable bonds is 8. The zero-order chi connectivity index (χ0) is 19.8. The van der Waals surface area contributed by atoms with Gasteiger partial charge in [-0.25, -0.2) is 4.79 Å². The molecule has 1 N–H and O–H groups in total. The first-order valence-corrected chi connectivity index (χ1v) is 8.88. The number of carbonyl (C=O) groups is 1. The molecule has 2 amide bonds. The minimum atomic E-state index is -0.154. The van der Waals surface area contributed by atoms with E-state index in [2.05, 4.69) is 10.2 Å². The van der Waals surface area contributed by atoms with Crippen molar-refractivity contribution in [2.45, 2.75) is 12.6 Å². The number of ether oxygens (including phenoxy) is 2. The van der Waals surface area contributed by atoms with Gasteiger partial charge in [0.25, 0.3) is 0 Å². The van der Waals surface area contributed by atoms with Crippen molar-refractivity contribution in [2.75, 3.05) is 41.9 Å². The number of nitrogens with one attached hydrogen (secondary N) is 1. The second-order valence-corrected chi connectivity index (χ2v) is 6.60. The van der Waals surface area contributed by atoms with Gasteiger partial charge >= 0.3 is 6.03 Å². The van der Waals surface area contributed by atoms with Crippen molar-refractivity contribution in [2.24, 2.45) is 0 Å². The van der Waals surface area contributed by atoms with Crippen molar-refractivity contribution in [1.82, 2.24) is 15.1 Å². The zero-order valence-electron chi connectivity index (χ0n) is 16.7. The highest BCUT2D eigenvalue weighted by Gasteiger charge is 2.22. The number of amides is 2. The lowest BCUT2D eigenvalue weighted by Crippen LogP contribution is -2.42. The maximum atomic E-state index is 12.8. The van der Waals surface area contributed by atoms with Crippen LogP contribution in [0.15, 0.2) is 48.5 Å². The molecule has 0 fully saturated rings. The second kappa shape index (κ2) is 9.83. The van der Waals surface area contributed by atoms with E-state index < -0.39 is 0 Å². The number of likely N-dealkylation sites (N-methyl/N-ethyl adjacent to an activating group) is 2. The number of hydrogen-bond acceptors (Lipinski definition) is 4. The number of hydrogen-bond donors (Lipinski definition) is 1. The van der Waals surface area contributed by atoms with Gasteiger partial charge in [-0.2, -0.15) is 0 Å². The van der Waals surface area contributed by atoms with Crippen molar-refractivity contribution in [1.29, 1.82) is 0 Å². The molecule has 6 heteroatoms. The fourth-order valence-corrected chi connectivity index (χ4v) is 3.01. The van der Waals surface area contributed by atoms with E-state index in [0.29, 0.717) is 18.0 Å². The fourth-order valence-electron chi connectivity index (χ4n) is 3.01. The van der Waals surface area contributed by atoms with E-state index in [4.69, 9.17) is 9.47 Å². The summed E-state index contributed by atoms with van der Waals surface area (Å²) in [6, 6.07) is 15.4. The summed E-state index contributed by atoms with van der Waals surface area (Å²) in [7, 11) is 9.03. The maximum Gasteiger partial charge on any atom is 0.317 e. The van der Waals surface area contributed by atoms with Crippen LogP contribution in [0.25, 0.3) is 0 Å². The average molecular weight is 371 g/mol. The lowest BCUT2D eigenvalue weighted by molar-refractivity contribution is 0.175. The van der Waals surface area contributed by atoms with Crippen LogP contribution in [0, 0.1) is 0 Å². The molecule has 0 spiro atoms. The molecule has 0 aromatic heterocycles. The first-order chi connectivity index (χ1) is 13.0. The first kappa shape index (κ1) is 20.6. The number of nitrogens with zero attached hydrogens (tertiary/aromatic N) is 2. The summed E-state index contributed by atoms with van der Waals surface area (Å²) in [6.07, 6.45) is 0. The smallest absolute Gasteiger partial charge is 0.317 e. The Bertz CT molecular complexity index is 712. The van der Waals surface area contributed by atoms with E-state index in [1.807, 2.05) is 69.7 Å². The molecule has 2 aromatic carbocycles. The lowest BCUT2D eigenvalue weighted by Gasteiger charge is -2.31.